The molecular formula is C16H20FNO. The third-order valence-electron chi connectivity index (χ3n) is 4.70. The molecule has 0 radical (unpaired) electrons. The lowest BCUT2D eigenvalue weighted by Gasteiger charge is -2.31. The van der Waals surface area contributed by atoms with E-state index in [0.717, 1.165) is 31.4 Å². The van der Waals surface area contributed by atoms with Gasteiger partial charge < -0.3 is 4.90 Å². The minimum atomic E-state index is -0.222. The molecule has 3 heteroatoms. The van der Waals surface area contributed by atoms with E-state index in [1.165, 1.54) is 31.4 Å². The van der Waals surface area contributed by atoms with Crippen LogP contribution in [-0.2, 0) is 11.3 Å². The first-order valence-corrected chi connectivity index (χ1v) is 7.23. The molecule has 3 rings (SSSR count). The van der Waals surface area contributed by atoms with Gasteiger partial charge in [-0.15, -0.1) is 0 Å². The molecule has 1 aromatic rings. The summed E-state index contributed by atoms with van der Waals surface area (Å²) in [6.07, 6.45) is 6.78. The number of carbonyl (C=O) groups excluding carboxylic acids is 1. The van der Waals surface area contributed by atoms with Crippen LogP contribution in [0.2, 0.25) is 0 Å². The van der Waals surface area contributed by atoms with Gasteiger partial charge in [0.2, 0.25) is 5.91 Å². The maximum atomic E-state index is 12.9. The van der Waals surface area contributed by atoms with E-state index >= 15 is 0 Å². The summed E-state index contributed by atoms with van der Waals surface area (Å²) in [7, 11) is 0. The normalized spacial score (nSPS) is 22.2. The molecule has 0 bridgehead atoms. The van der Waals surface area contributed by atoms with Gasteiger partial charge in [0.25, 0.3) is 0 Å². The summed E-state index contributed by atoms with van der Waals surface area (Å²) in [5, 5.41) is 0. The molecule has 0 atom stereocenters. The van der Waals surface area contributed by atoms with Crippen molar-refractivity contribution in [1.82, 2.24) is 4.90 Å². The molecule has 2 nitrogen and oxygen atoms in total. The Morgan fingerprint density at radius 2 is 1.74 bits per heavy atom. The average molecular weight is 261 g/mol. The van der Waals surface area contributed by atoms with E-state index in [4.69, 9.17) is 0 Å². The van der Waals surface area contributed by atoms with Crippen molar-refractivity contribution in [2.45, 2.75) is 45.1 Å². The van der Waals surface area contributed by atoms with Gasteiger partial charge in [-0.25, -0.2) is 4.39 Å². The summed E-state index contributed by atoms with van der Waals surface area (Å²) in [5.74, 6) is 0.108. The van der Waals surface area contributed by atoms with Gasteiger partial charge in [0.1, 0.15) is 5.82 Å². The maximum Gasteiger partial charge on any atom is 0.229 e. The highest BCUT2D eigenvalue weighted by Gasteiger charge is 2.46. The predicted octanol–water partition coefficient (Wildman–Crippen LogP) is 3.51. The van der Waals surface area contributed by atoms with E-state index in [1.54, 1.807) is 12.1 Å². The van der Waals surface area contributed by atoms with Gasteiger partial charge in [0.05, 0.1) is 5.41 Å². The first-order chi connectivity index (χ1) is 9.20. The second-order valence-corrected chi connectivity index (χ2v) is 5.94. The van der Waals surface area contributed by atoms with E-state index < -0.39 is 0 Å². The lowest BCUT2D eigenvalue weighted by atomic mass is 9.73. The third kappa shape index (κ3) is 2.38. The van der Waals surface area contributed by atoms with Gasteiger partial charge in [0.15, 0.2) is 0 Å². The van der Waals surface area contributed by atoms with E-state index in [9.17, 15) is 9.18 Å². The minimum absolute atomic E-state index is 0.0573. The molecule has 1 aromatic carbocycles. The summed E-state index contributed by atoms with van der Waals surface area (Å²) in [6, 6.07) is 6.47. The van der Waals surface area contributed by atoms with Crippen LogP contribution in [0.5, 0.6) is 0 Å². The number of hydrogen-bond acceptors (Lipinski definition) is 1. The summed E-state index contributed by atoms with van der Waals surface area (Å²) in [6.45, 7) is 1.48. The van der Waals surface area contributed by atoms with E-state index in [2.05, 4.69) is 0 Å². The molecule has 0 aromatic heterocycles. The molecule has 1 aliphatic carbocycles. The lowest BCUT2D eigenvalue weighted by molar-refractivity contribution is -0.138. The Kier molecular flexibility index (Phi) is 3.29. The summed E-state index contributed by atoms with van der Waals surface area (Å²) in [5.41, 5.74) is 0.959. The van der Waals surface area contributed by atoms with Gasteiger partial charge in [-0.3, -0.25) is 4.79 Å². The summed E-state index contributed by atoms with van der Waals surface area (Å²) < 4.78 is 12.9. The molecular weight excluding hydrogens is 241 g/mol. The maximum absolute atomic E-state index is 12.9. The molecule has 19 heavy (non-hydrogen) atoms. The van der Waals surface area contributed by atoms with E-state index in [-0.39, 0.29) is 11.2 Å². The van der Waals surface area contributed by atoms with Crippen LogP contribution in [0.25, 0.3) is 0 Å². The largest absolute Gasteiger partial charge is 0.338 e. The van der Waals surface area contributed by atoms with Crippen molar-refractivity contribution in [2.75, 3.05) is 6.54 Å². The van der Waals surface area contributed by atoms with Crippen molar-refractivity contribution >= 4 is 5.91 Å². The van der Waals surface area contributed by atoms with Gasteiger partial charge >= 0.3 is 0 Å². The Morgan fingerprint density at radius 1 is 1.05 bits per heavy atom. The summed E-state index contributed by atoms with van der Waals surface area (Å²) >= 11 is 0. The monoisotopic (exact) mass is 261 g/mol. The number of nitrogens with zero attached hydrogens (tertiary/aromatic N) is 1. The number of rotatable bonds is 2. The number of amides is 1. The van der Waals surface area contributed by atoms with Crippen molar-refractivity contribution in [1.29, 1.82) is 0 Å². The van der Waals surface area contributed by atoms with Crippen molar-refractivity contribution in [3.63, 3.8) is 0 Å². The zero-order valence-electron chi connectivity index (χ0n) is 11.2. The predicted molar refractivity (Wildman–Crippen MR) is 72.0 cm³/mol. The molecule has 0 unspecified atom stereocenters. The molecule has 2 aliphatic rings. The van der Waals surface area contributed by atoms with Crippen LogP contribution in [0, 0.1) is 11.2 Å². The highest BCUT2D eigenvalue weighted by Crippen LogP contribution is 2.44. The Bertz CT molecular complexity index is 462. The Hall–Kier alpha value is -1.38. The van der Waals surface area contributed by atoms with E-state index in [0.29, 0.717) is 12.5 Å². The highest BCUT2D eigenvalue weighted by molar-refractivity contribution is 5.84. The molecule has 2 fully saturated rings. The summed E-state index contributed by atoms with van der Waals surface area (Å²) in [4.78, 5) is 14.6. The number of halogens is 1. The van der Waals surface area contributed by atoms with Gasteiger partial charge in [-0.2, -0.15) is 0 Å². The van der Waals surface area contributed by atoms with Crippen LogP contribution in [0.15, 0.2) is 24.3 Å². The zero-order valence-corrected chi connectivity index (χ0v) is 11.2. The SMILES string of the molecule is O=C1N(Cc2ccc(F)cc2)CCC12CCCCC2. The lowest BCUT2D eigenvalue weighted by Crippen LogP contribution is -2.35. The second-order valence-electron chi connectivity index (χ2n) is 5.94. The van der Waals surface area contributed by atoms with Gasteiger partial charge in [0, 0.05) is 13.1 Å². The van der Waals surface area contributed by atoms with Crippen molar-refractivity contribution in [2.24, 2.45) is 5.41 Å². The molecule has 1 spiro atoms. The van der Waals surface area contributed by atoms with Crippen molar-refractivity contribution in [3.8, 4) is 0 Å². The average Bonchev–Trinajstić information content (AvgIpc) is 2.72. The molecule has 1 aliphatic heterocycles. The fraction of sp³-hybridized carbons (Fsp3) is 0.562. The number of likely N-dealkylation sites (tertiary alicyclic amines) is 1. The Labute approximate surface area is 113 Å². The highest BCUT2D eigenvalue weighted by atomic mass is 19.1. The van der Waals surface area contributed by atoms with Crippen molar-refractivity contribution < 1.29 is 9.18 Å². The molecule has 1 heterocycles. The smallest absolute Gasteiger partial charge is 0.229 e. The topological polar surface area (TPSA) is 20.3 Å². The Balaban J connectivity index is 1.70. The van der Waals surface area contributed by atoms with Gasteiger partial charge in [-0.1, -0.05) is 31.4 Å². The van der Waals surface area contributed by atoms with E-state index in [1.807, 2.05) is 4.90 Å². The number of carbonyl (C=O) groups is 1. The number of benzene rings is 1. The van der Waals surface area contributed by atoms with Crippen LogP contribution >= 0.6 is 0 Å². The minimum Gasteiger partial charge on any atom is -0.338 e. The molecule has 1 saturated carbocycles. The third-order valence-corrected chi connectivity index (χ3v) is 4.70. The standard InChI is InChI=1S/C16H20FNO/c17-14-6-4-13(5-7-14)12-18-11-10-16(15(18)19)8-2-1-3-9-16/h4-7H,1-3,8-12H2. The van der Waals surface area contributed by atoms with Crippen LogP contribution in [0.3, 0.4) is 0 Å². The van der Waals surface area contributed by atoms with Crippen LogP contribution < -0.4 is 0 Å². The Morgan fingerprint density at radius 3 is 2.42 bits per heavy atom. The molecule has 1 saturated heterocycles. The fourth-order valence-corrected chi connectivity index (χ4v) is 3.55. The number of hydrogen-bond donors (Lipinski definition) is 0. The first kappa shape index (κ1) is 12.6. The molecule has 102 valence electrons. The molecule has 0 N–H and O–H groups in total. The van der Waals surface area contributed by atoms with Crippen LogP contribution in [0.1, 0.15) is 44.1 Å². The zero-order chi connectivity index (χ0) is 13.3. The quantitative estimate of drug-likeness (QED) is 0.797. The molecule has 1 amide bonds. The fourth-order valence-electron chi connectivity index (χ4n) is 3.55. The van der Waals surface area contributed by atoms with Crippen molar-refractivity contribution in [3.05, 3.63) is 35.6 Å². The second kappa shape index (κ2) is 4.95. The van der Waals surface area contributed by atoms with Crippen LogP contribution in [-0.4, -0.2) is 17.4 Å². The van der Waals surface area contributed by atoms with Crippen LogP contribution in [0.4, 0.5) is 4.39 Å². The first-order valence-electron chi connectivity index (χ1n) is 7.23. The van der Waals surface area contributed by atoms with Gasteiger partial charge in [-0.05, 0) is 37.0 Å².